The summed E-state index contributed by atoms with van der Waals surface area (Å²) in [5.74, 6) is -0.272. The summed E-state index contributed by atoms with van der Waals surface area (Å²) in [6.07, 6.45) is 0. The van der Waals surface area contributed by atoms with Gasteiger partial charge in [0.15, 0.2) is 0 Å². The van der Waals surface area contributed by atoms with Crippen molar-refractivity contribution < 1.29 is 9.90 Å². The smallest absolute Gasteiger partial charge is 0.337 e. The molecule has 0 atom stereocenters. The summed E-state index contributed by atoms with van der Waals surface area (Å²) in [6.45, 7) is 6.02. The fraction of sp³-hybridized carbons (Fsp3) is 0.120. The Bertz CT molecular complexity index is 1220. The molecule has 2 N–H and O–H groups in total. The zero-order valence-corrected chi connectivity index (χ0v) is 17.2. The Morgan fingerprint density at radius 2 is 1.60 bits per heavy atom. The SMILES string of the molecule is Cc1ccc(-c2cc(Nc3cc(C)ccc3C(=O)O)n(-c3ccccc3C)n2)cc1. The monoisotopic (exact) mass is 397 g/mol. The highest BCUT2D eigenvalue weighted by Crippen LogP contribution is 2.30. The van der Waals surface area contributed by atoms with Crippen molar-refractivity contribution in [1.29, 1.82) is 0 Å². The van der Waals surface area contributed by atoms with E-state index >= 15 is 0 Å². The minimum Gasteiger partial charge on any atom is -0.478 e. The average Bonchev–Trinajstić information content (AvgIpc) is 3.12. The Labute approximate surface area is 175 Å². The highest BCUT2D eigenvalue weighted by Gasteiger charge is 2.16. The number of aromatic carboxylic acids is 1. The first-order valence-corrected chi connectivity index (χ1v) is 9.76. The first-order chi connectivity index (χ1) is 14.4. The summed E-state index contributed by atoms with van der Waals surface area (Å²) in [7, 11) is 0. The van der Waals surface area contributed by atoms with Gasteiger partial charge in [0.05, 0.1) is 22.6 Å². The van der Waals surface area contributed by atoms with Crippen molar-refractivity contribution in [3.05, 3.63) is 95.1 Å². The number of rotatable bonds is 5. The normalized spacial score (nSPS) is 10.8. The van der Waals surface area contributed by atoms with Crippen LogP contribution in [0.3, 0.4) is 0 Å². The van der Waals surface area contributed by atoms with E-state index in [9.17, 15) is 9.90 Å². The number of hydrogen-bond donors (Lipinski definition) is 2. The molecule has 0 radical (unpaired) electrons. The van der Waals surface area contributed by atoms with Crippen molar-refractivity contribution in [3.63, 3.8) is 0 Å². The largest absolute Gasteiger partial charge is 0.478 e. The van der Waals surface area contributed by atoms with Crippen LogP contribution in [0.25, 0.3) is 16.9 Å². The molecule has 0 amide bonds. The van der Waals surface area contributed by atoms with Crippen LogP contribution in [0.15, 0.2) is 72.8 Å². The molecule has 0 aliphatic heterocycles. The molecule has 0 aliphatic rings. The van der Waals surface area contributed by atoms with Crippen LogP contribution in [0, 0.1) is 20.8 Å². The van der Waals surface area contributed by atoms with Crippen LogP contribution in [0.1, 0.15) is 27.0 Å². The van der Waals surface area contributed by atoms with Crippen molar-refractivity contribution in [2.24, 2.45) is 0 Å². The molecule has 1 aromatic heterocycles. The molecule has 0 saturated heterocycles. The minimum atomic E-state index is -0.974. The molecule has 4 rings (SSSR count). The average molecular weight is 397 g/mol. The second kappa shape index (κ2) is 7.87. The Morgan fingerprint density at radius 1 is 0.900 bits per heavy atom. The lowest BCUT2D eigenvalue weighted by atomic mass is 10.1. The van der Waals surface area contributed by atoms with Gasteiger partial charge in [0.1, 0.15) is 5.82 Å². The van der Waals surface area contributed by atoms with Crippen molar-refractivity contribution >= 4 is 17.5 Å². The fourth-order valence-corrected chi connectivity index (χ4v) is 3.41. The van der Waals surface area contributed by atoms with E-state index in [1.165, 1.54) is 5.56 Å². The third-order valence-corrected chi connectivity index (χ3v) is 5.07. The van der Waals surface area contributed by atoms with Gasteiger partial charge in [0.25, 0.3) is 0 Å². The first kappa shape index (κ1) is 19.5. The molecule has 30 heavy (non-hydrogen) atoms. The number of hydrogen-bond acceptors (Lipinski definition) is 3. The third-order valence-electron chi connectivity index (χ3n) is 5.07. The molecule has 5 nitrogen and oxygen atoms in total. The summed E-state index contributed by atoms with van der Waals surface area (Å²) >= 11 is 0. The van der Waals surface area contributed by atoms with Gasteiger partial charge < -0.3 is 10.4 Å². The zero-order valence-electron chi connectivity index (χ0n) is 17.2. The predicted molar refractivity (Wildman–Crippen MR) is 120 cm³/mol. The minimum absolute atomic E-state index is 0.218. The molecule has 0 aliphatic carbocycles. The fourth-order valence-electron chi connectivity index (χ4n) is 3.41. The highest BCUT2D eigenvalue weighted by atomic mass is 16.4. The Kier molecular flexibility index (Phi) is 5.11. The first-order valence-electron chi connectivity index (χ1n) is 9.76. The summed E-state index contributed by atoms with van der Waals surface area (Å²) in [5, 5.41) is 17.8. The number of benzene rings is 3. The summed E-state index contributed by atoms with van der Waals surface area (Å²) in [6, 6.07) is 23.4. The third kappa shape index (κ3) is 3.82. The topological polar surface area (TPSA) is 67.2 Å². The van der Waals surface area contributed by atoms with Crippen LogP contribution < -0.4 is 5.32 Å². The van der Waals surface area contributed by atoms with Gasteiger partial charge in [-0.25, -0.2) is 9.48 Å². The van der Waals surface area contributed by atoms with Crippen LogP contribution in [-0.4, -0.2) is 20.9 Å². The number of aromatic nitrogens is 2. The molecule has 0 bridgehead atoms. The van der Waals surface area contributed by atoms with Crippen LogP contribution in [0.5, 0.6) is 0 Å². The van der Waals surface area contributed by atoms with E-state index < -0.39 is 5.97 Å². The predicted octanol–water partition coefficient (Wildman–Crippen LogP) is 5.91. The number of anilines is 2. The molecule has 4 aromatic rings. The van der Waals surface area contributed by atoms with Gasteiger partial charge in [0, 0.05) is 11.6 Å². The zero-order chi connectivity index (χ0) is 21.3. The second-order valence-electron chi connectivity index (χ2n) is 7.46. The molecule has 0 fully saturated rings. The molecular weight excluding hydrogens is 374 g/mol. The van der Waals surface area contributed by atoms with Crippen molar-refractivity contribution in [1.82, 2.24) is 9.78 Å². The van der Waals surface area contributed by atoms with Gasteiger partial charge in [-0.15, -0.1) is 0 Å². The molecular formula is C25H23N3O2. The van der Waals surface area contributed by atoms with E-state index in [1.54, 1.807) is 12.1 Å². The van der Waals surface area contributed by atoms with Crippen molar-refractivity contribution in [2.75, 3.05) is 5.32 Å². The quantitative estimate of drug-likeness (QED) is 0.439. The van der Waals surface area contributed by atoms with Gasteiger partial charge in [-0.1, -0.05) is 54.1 Å². The van der Waals surface area contributed by atoms with E-state index in [-0.39, 0.29) is 5.56 Å². The summed E-state index contributed by atoms with van der Waals surface area (Å²) in [5.41, 5.74) is 6.72. The standard InChI is InChI=1S/C25H23N3O2/c1-16-8-11-19(12-9-16)21-15-24(28(27-21)23-7-5-4-6-18(23)3)26-22-14-17(2)10-13-20(22)25(29)30/h4-15,26H,1-3H3,(H,29,30). The Morgan fingerprint density at radius 3 is 2.30 bits per heavy atom. The number of aryl methyl sites for hydroxylation is 3. The van der Waals surface area contributed by atoms with E-state index in [4.69, 9.17) is 5.10 Å². The van der Waals surface area contributed by atoms with Gasteiger partial charge >= 0.3 is 5.97 Å². The highest BCUT2D eigenvalue weighted by molar-refractivity contribution is 5.95. The van der Waals surface area contributed by atoms with Gasteiger partial charge in [-0.2, -0.15) is 5.10 Å². The lowest BCUT2D eigenvalue weighted by Crippen LogP contribution is -2.07. The van der Waals surface area contributed by atoms with Crippen LogP contribution in [0.2, 0.25) is 0 Å². The number of nitrogens with one attached hydrogen (secondary N) is 1. The van der Waals surface area contributed by atoms with Gasteiger partial charge in [-0.3, -0.25) is 0 Å². The van der Waals surface area contributed by atoms with E-state index in [2.05, 4.69) is 17.4 Å². The summed E-state index contributed by atoms with van der Waals surface area (Å²) < 4.78 is 1.83. The lowest BCUT2D eigenvalue weighted by Gasteiger charge is -2.14. The van der Waals surface area contributed by atoms with E-state index in [0.29, 0.717) is 11.5 Å². The van der Waals surface area contributed by atoms with Gasteiger partial charge in [0.2, 0.25) is 0 Å². The van der Waals surface area contributed by atoms with E-state index in [0.717, 1.165) is 28.1 Å². The molecule has 150 valence electrons. The molecule has 0 unspecified atom stereocenters. The Balaban J connectivity index is 1.86. The van der Waals surface area contributed by atoms with Gasteiger partial charge in [-0.05, 0) is 50.1 Å². The summed E-state index contributed by atoms with van der Waals surface area (Å²) in [4.78, 5) is 11.7. The van der Waals surface area contributed by atoms with Crippen LogP contribution >= 0.6 is 0 Å². The lowest BCUT2D eigenvalue weighted by molar-refractivity contribution is 0.0698. The number of para-hydroxylation sites is 1. The molecule has 1 heterocycles. The maximum absolute atomic E-state index is 11.7. The van der Waals surface area contributed by atoms with E-state index in [1.807, 2.05) is 74.0 Å². The number of carboxylic acid groups (broad SMARTS) is 1. The molecule has 0 saturated carbocycles. The second-order valence-corrected chi connectivity index (χ2v) is 7.46. The van der Waals surface area contributed by atoms with Crippen molar-refractivity contribution in [3.8, 4) is 16.9 Å². The van der Waals surface area contributed by atoms with Crippen LogP contribution in [0.4, 0.5) is 11.5 Å². The van der Waals surface area contributed by atoms with Crippen LogP contribution in [-0.2, 0) is 0 Å². The van der Waals surface area contributed by atoms with Crippen molar-refractivity contribution in [2.45, 2.75) is 20.8 Å². The number of carboxylic acids is 1. The maximum atomic E-state index is 11.7. The number of carbonyl (C=O) groups is 1. The maximum Gasteiger partial charge on any atom is 0.337 e. The molecule has 3 aromatic carbocycles. The molecule has 5 heteroatoms. The Hall–Kier alpha value is -3.86. The number of nitrogens with zero attached hydrogens (tertiary/aromatic N) is 2. The molecule has 0 spiro atoms.